The minimum Gasteiger partial charge on any atom is -0.489 e. The quantitative estimate of drug-likeness (QED) is 0.495. The van der Waals surface area contributed by atoms with Crippen LogP contribution in [0.1, 0.15) is 11.5 Å². The Kier molecular flexibility index (Phi) is 5.42. The Hall–Kier alpha value is -3.80. The van der Waals surface area contributed by atoms with Gasteiger partial charge in [-0.05, 0) is 48.0 Å². The number of nitrogens with one attached hydrogen (secondary N) is 1. The Bertz CT molecular complexity index is 1100. The first-order valence-corrected chi connectivity index (χ1v) is 9.22. The van der Waals surface area contributed by atoms with E-state index in [0.29, 0.717) is 35.0 Å². The van der Waals surface area contributed by atoms with Crippen molar-refractivity contribution < 1.29 is 18.7 Å². The number of nitrogens with zero attached hydrogens (tertiary/aromatic N) is 1. The second-order valence-corrected chi connectivity index (χ2v) is 6.50. The van der Waals surface area contributed by atoms with Crippen LogP contribution in [0.25, 0.3) is 11.1 Å². The van der Waals surface area contributed by atoms with Crippen LogP contribution in [-0.4, -0.2) is 17.5 Å². The first-order chi connectivity index (χ1) is 14.2. The van der Waals surface area contributed by atoms with E-state index in [1.54, 1.807) is 37.3 Å². The van der Waals surface area contributed by atoms with Gasteiger partial charge >= 0.3 is 0 Å². The Morgan fingerprint density at radius 3 is 2.45 bits per heavy atom. The van der Waals surface area contributed by atoms with Crippen molar-refractivity contribution in [1.29, 1.82) is 0 Å². The zero-order valence-electron chi connectivity index (χ0n) is 15.9. The SMILES string of the molecule is Cc1nc2cc(NC(=O)COc3ccc(OCc4ccccc4)cc3)ccc2o1. The lowest BCUT2D eigenvalue weighted by Crippen LogP contribution is -2.20. The summed E-state index contributed by atoms with van der Waals surface area (Å²) in [6.07, 6.45) is 0. The van der Waals surface area contributed by atoms with E-state index in [0.717, 1.165) is 11.3 Å². The average Bonchev–Trinajstić information content (AvgIpc) is 3.11. The molecule has 0 saturated heterocycles. The highest BCUT2D eigenvalue weighted by atomic mass is 16.5. The summed E-state index contributed by atoms with van der Waals surface area (Å²) in [6.45, 7) is 2.18. The maximum Gasteiger partial charge on any atom is 0.262 e. The number of amides is 1. The molecule has 0 aliphatic carbocycles. The molecule has 1 amide bonds. The number of ether oxygens (including phenoxy) is 2. The molecular weight excluding hydrogens is 368 g/mol. The van der Waals surface area contributed by atoms with Crippen molar-refractivity contribution in [1.82, 2.24) is 4.98 Å². The van der Waals surface area contributed by atoms with Crippen LogP contribution in [0, 0.1) is 6.92 Å². The molecule has 0 aliphatic rings. The van der Waals surface area contributed by atoms with E-state index in [-0.39, 0.29) is 12.5 Å². The number of oxazole rings is 1. The number of rotatable bonds is 7. The number of aromatic nitrogens is 1. The van der Waals surface area contributed by atoms with E-state index < -0.39 is 0 Å². The van der Waals surface area contributed by atoms with Gasteiger partial charge in [0.1, 0.15) is 23.6 Å². The lowest BCUT2D eigenvalue weighted by atomic mass is 10.2. The molecule has 0 spiro atoms. The second-order valence-electron chi connectivity index (χ2n) is 6.50. The van der Waals surface area contributed by atoms with Gasteiger partial charge in [0.05, 0.1) is 0 Å². The van der Waals surface area contributed by atoms with Crippen molar-refractivity contribution in [3.8, 4) is 11.5 Å². The predicted octanol–water partition coefficient (Wildman–Crippen LogP) is 4.73. The predicted molar refractivity (Wildman–Crippen MR) is 110 cm³/mol. The molecule has 0 unspecified atom stereocenters. The summed E-state index contributed by atoms with van der Waals surface area (Å²) < 4.78 is 16.7. The number of aryl methyl sites for hydroxylation is 1. The fourth-order valence-corrected chi connectivity index (χ4v) is 2.84. The third-order valence-electron chi connectivity index (χ3n) is 4.22. The van der Waals surface area contributed by atoms with Gasteiger partial charge in [0, 0.05) is 12.6 Å². The Morgan fingerprint density at radius 2 is 1.69 bits per heavy atom. The molecule has 0 aliphatic heterocycles. The van der Waals surface area contributed by atoms with Crippen molar-refractivity contribution in [3.63, 3.8) is 0 Å². The molecule has 0 fully saturated rings. The van der Waals surface area contributed by atoms with Crippen LogP contribution in [0.4, 0.5) is 5.69 Å². The minimum atomic E-state index is -0.256. The van der Waals surface area contributed by atoms with Gasteiger partial charge in [0.15, 0.2) is 18.1 Å². The van der Waals surface area contributed by atoms with Crippen molar-refractivity contribution in [2.45, 2.75) is 13.5 Å². The lowest BCUT2D eigenvalue weighted by molar-refractivity contribution is -0.118. The maximum absolute atomic E-state index is 12.1. The molecule has 6 nitrogen and oxygen atoms in total. The third kappa shape index (κ3) is 4.93. The van der Waals surface area contributed by atoms with Crippen LogP contribution >= 0.6 is 0 Å². The number of hydrogen-bond acceptors (Lipinski definition) is 5. The summed E-state index contributed by atoms with van der Waals surface area (Å²) >= 11 is 0. The number of carbonyl (C=O) groups is 1. The van der Waals surface area contributed by atoms with E-state index in [1.807, 2.05) is 42.5 Å². The summed E-state index contributed by atoms with van der Waals surface area (Å²) in [6, 6.07) is 22.4. The van der Waals surface area contributed by atoms with Crippen molar-refractivity contribution in [3.05, 3.63) is 84.3 Å². The van der Waals surface area contributed by atoms with Gasteiger partial charge < -0.3 is 19.2 Å². The van der Waals surface area contributed by atoms with Gasteiger partial charge in [0.2, 0.25) is 0 Å². The number of benzene rings is 3. The number of anilines is 1. The van der Waals surface area contributed by atoms with Crippen LogP contribution in [0.3, 0.4) is 0 Å². The molecular formula is C23H20N2O4. The van der Waals surface area contributed by atoms with Crippen molar-refractivity contribution >= 4 is 22.7 Å². The van der Waals surface area contributed by atoms with E-state index in [2.05, 4.69) is 10.3 Å². The summed E-state index contributed by atoms with van der Waals surface area (Å²) in [5.41, 5.74) is 3.13. The van der Waals surface area contributed by atoms with Crippen LogP contribution in [0.5, 0.6) is 11.5 Å². The van der Waals surface area contributed by atoms with Crippen molar-refractivity contribution in [2.75, 3.05) is 11.9 Å². The molecule has 1 N–H and O–H groups in total. The molecule has 0 atom stereocenters. The summed E-state index contributed by atoms with van der Waals surface area (Å²) in [4.78, 5) is 16.4. The van der Waals surface area contributed by atoms with Gasteiger partial charge in [0.25, 0.3) is 5.91 Å². The Labute approximate surface area is 168 Å². The highest BCUT2D eigenvalue weighted by Gasteiger charge is 2.07. The molecule has 0 saturated carbocycles. The normalized spacial score (nSPS) is 10.7. The standard InChI is InChI=1S/C23H20N2O4/c1-16-24-21-13-18(7-12-22(21)29-16)25-23(26)15-28-20-10-8-19(9-11-20)27-14-17-5-3-2-4-6-17/h2-13H,14-15H2,1H3,(H,25,26). The zero-order chi connectivity index (χ0) is 20.1. The average molecular weight is 388 g/mol. The van der Waals surface area contributed by atoms with Crippen LogP contribution < -0.4 is 14.8 Å². The number of carbonyl (C=O) groups excluding carboxylic acids is 1. The Balaban J connectivity index is 1.27. The van der Waals surface area contributed by atoms with Crippen molar-refractivity contribution in [2.24, 2.45) is 0 Å². The molecule has 146 valence electrons. The Morgan fingerprint density at radius 1 is 0.966 bits per heavy atom. The molecule has 1 heterocycles. The number of hydrogen-bond donors (Lipinski definition) is 1. The first-order valence-electron chi connectivity index (χ1n) is 9.22. The molecule has 29 heavy (non-hydrogen) atoms. The molecule has 4 rings (SSSR count). The van der Waals surface area contributed by atoms with Crippen LogP contribution in [0.2, 0.25) is 0 Å². The van der Waals surface area contributed by atoms with Crippen LogP contribution in [-0.2, 0) is 11.4 Å². The largest absolute Gasteiger partial charge is 0.489 e. The minimum absolute atomic E-state index is 0.0971. The van der Waals surface area contributed by atoms with Gasteiger partial charge in [-0.2, -0.15) is 0 Å². The molecule has 0 radical (unpaired) electrons. The molecule has 6 heteroatoms. The molecule has 1 aromatic heterocycles. The van der Waals surface area contributed by atoms with E-state index in [9.17, 15) is 4.79 Å². The summed E-state index contributed by atoms with van der Waals surface area (Å²) in [5.74, 6) is 1.66. The van der Waals surface area contributed by atoms with Gasteiger partial charge in [-0.15, -0.1) is 0 Å². The topological polar surface area (TPSA) is 73.6 Å². The molecule has 0 bridgehead atoms. The fourth-order valence-electron chi connectivity index (χ4n) is 2.84. The highest BCUT2D eigenvalue weighted by molar-refractivity contribution is 5.93. The van der Waals surface area contributed by atoms with E-state index in [4.69, 9.17) is 13.9 Å². The third-order valence-corrected chi connectivity index (χ3v) is 4.22. The first kappa shape index (κ1) is 18.6. The summed E-state index contributed by atoms with van der Waals surface area (Å²) in [7, 11) is 0. The monoisotopic (exact) mass is 388 g/mol. The maximum atomic E-state index is 12.1. The zero-order valence-corrected chi connectivity index (χ0v) is 15.9. The molecule has 3 aromatic carbocycles. The van der Waals surface area contributed by atoms with Gasteiger partial charge in [-0.3, -0.25) is 4.79 Å². The van der Waals surface area contributed by atoms with Gasteiger partial charge in [-0.25, -0.2) is 4.98 Å². The molecule has 4 aromatic rings. The lowest BCUT2D eigenvalue weighted by Gasteiger charge is -2.09. The number of fused-ring (bicyclic) bond motifs is 1. The van der Waals surface area contributed by atoms with E-state index in [1.165, 1.54) is 0 Å². The second kappa shape index (κ2) is 8.48. The van der Waals surface area contributed by atoms with Crippen LogP contribution in [0.15, 0.2) is 77.2 Å². The highest BCUT2D eigenvalue weighted by Crippen LogP contribution is 2.21. The smallest absolute Gasteiger partial charge is 0.262 e. The fraction of sp³-hybridized carbons (Fsp3) is 0.130. The summed E-state index contributed by atoms with van der Waals surface area (Å²) in [5, 5.41) is 2.79. The van der Waals surface area contributed by atoms with E-state index >= 15 is 0 Å². The van der Waals surface area contributed by atoms with Gasteiger partial charge in [-0.1, -0.05) is 30.3 Å².